The molecular formula is C8H19NO2S. The van der Waals surface area contributed by atoms with Gasteiger partial charge in [-0.15, -0.1) is 0 Å². The van der Waals surface area contributed by atoms with Gasteiger partial charge in [-0.3, -0.25) is 5.14 Å². The second kappa shape index (κ2) is 5.67. The van der Waals surface area contributed by atoms with Crippen LogP contribution < -0.4 is 5.14 Å². The van der Waals surface area contributed by atoms with Crippen LogP contribution in [0.2, 0.25) is 0 Å². The van der Waals surface area contributed by atoms with Crippen molar-refractivity contribution in [2.24, 2.45) is 11.1 Å². The lowest BCUT2D eigenvalue weighted by molar-refractivity contribution is 0.162. The Morgan fingerprint density at radius 2 is 1.83 bits per heavy atom. The highest BCUT2D eigenvalue weighted by atomic mass is 32.2. The maximum atomic E-state index is 10.8. The summed E-state index contributed by atoms with van der Waals surface area (Å²) in [5, 5.41) is 14.3. The number of aliphatic hydroxyl groups is 1. The Labute approximate surface area is 76.9 Å². The van der Waals surface area contributed by atoms with Crippen molar-refractivity contribution in [3.8, 4) is 0 Å². The SMILES string of the molecule is CC(O)CC(C)CC(C)S(N)=O. The van der Waals surface area contributed by atoms with Crippen LogP contribution in [-0.2, 0) is 11.0 Å². The zero-order valence-electron chi connectivity index (χ0n) is 7.99. The second-order valence-electron chi connectivity index (χ2n) is 3.56. The van der Waals surface area contributed by atoms with Crippen LogP contribution in [0.15, 0.2) is 0 Å². The van der Waals surface area contributed by atoms with E-state index in [0.29, 0.717) is 5.92 Å². The number of nitrogens with two attached hydrogens (primary N) is 1. The first-order chi connectivity index (χ1) is 5.43. The molecule has 0 saturated heterocycles. The van der Waals surface area contributed by atoms with E-state index in [-0.39, 0.29) is 11.4 Å². The number of hydrogen-bond acceptors (Lipinski definition) is 2. The topological polar surface area (TPSA) is 63.3 Å². The molecule has 0 aromatic carbocycles. The van der Waals surface area contributed by atoms with Crippen molar-refractivity contribution in [1.82, 2.24) is 0 Å². The van der Waals surface area contributed by atoms with Crippen LogP contribution in [0.5, 0.6) is 0 Å². The summed E-state index contributed by atoms with van der Waals surface area (Å²) in [6, 6.07) is 0. The van der Waals surface area contributed by atoms with Gasteiger partial charge in [0.15, 0.2) is 0 Å². The summed E-state index contributed by atoms with van der Waals surface area (Å²) in [7, 11) is -1.23. The van der Waals surface area contributed by atoms with E-state index in [1.54, 1.807) is 6.92 Å². The third kappa shape index (κ3) is 5.69. The highest BCUT2D eigenvalue weighted by Crippen LogP contribution is 2.14. The van der Waals surface area contributed by atoms with Crippen molar-refractivity contribution in [3.63, 3.8) is 0 Å². The molecule has 0 radical (unpaired) electrons. The molecule has 0 aliphatic rings. The molecule has 0 aromatic heterocycles. The van der Waals surface area contributed by atoms with Gasteiger partial charge < -0.3 is 5.11 Å². The van der Waals surface area contributed by atoms with Gasteiger partial charge in [0.25, 0.3) is 0 Å². The normalized spacial score (nSPS) is 21.4. The molecule has 0 amide bonds. The van der Waals surface area contributed by atoms with Crippen molar-refractivity contribution in [2.75, 3.05) is 0 Å². The molecule has 0 saturated carbocycles. The van der Waals surface area contributed by atoms with Crippen LogP contribution in [0.3, 0.4) is 0 Å². The largest absolute Gasteiger partial charge is 0.393 e. The molecule has 3 N–H and O–H groups in total. The van der Waals surface area contributed by atoms with Gasteiger partial charge in [0.05, 0.1) is 17.1 Å². The summed E-state index contributed by atoms with van der Waals surface area (Å²) in [6.45, 7) is 5.67. The Balaban J connectivity index is 3.68. The molecule has 0 spiro atoms. The van der Waals surface area contributed by atoms with Gasteiger partial charge in [0.1, 0.15) is 0 Å². The highest BCUT2D eigenvalue weighted by Gasteiger charge is 2.13. The Bertz CT molecular complexity index is 150. The van der Waals surface area contributed by atoms with E-state index < -0.39 is 11.0 Å². The summed E-state index contributed by atoms with van der Waals surface area (Å²) in [4.78, 5) is 0. The summed E-state index contributed by atoms with van der Waals surface area (Å²) >= 11 is 0. The van der Waals surface area contributed by atoms with Gasteiger partial charge >= 0.3 is 0 Å². The molecule has 0 aliphatic heterocycles. The summed E-state index contributed by atoms with van der Waals surface area (Å²) < 4.78 is 10.8. The Morgan fingerprint density at radius 3 is 2.17 bits per heavy atom. The number of rotatable bonds is 5. The zero-order chi connectivity index (χ0) is 9.72. The molecule has 4 unspecified atom stereocenters. The molecule has 4 atom stereocenters. The van der Waals surface area contributed by atoms with Crippen LogP contribution in [0.1, 0.15) is 33.6 Å². The fourth-order valence-corrected chi connectivity index (χ4v) is 1.86. The maximum absolute atomic E-state index is 10.8. The predicted octanol–water partition coefficient (Wildman–Crippen LogP) is 0.794. The molecule has 0 aliphatic carbocycles. The second-order valence-corrected chi connectivity index (χ2v) is 5.03. The number of hydrogen-bond donors (Lipinski definition) is 2. The molecule has 3 nitrogen and oxygen atoms in total. The fourth-order valence-electron chi connectivity index (χ4n) is 1.34. The first kappa shape index (κ1) is 12.1. The van der Waals surface area contributed by atoms with Crippen LogP contribution in [0.25, 0.3) is 0 Å². The Morgan fingerprint density at radius 1 is 1.33 bits per heavy atom. The lowest BCUT2D eigenvalue weighted by atomic mass is 9.99. The van der Waals surface area contributed by atoms with Crippen molar-refractivity contribution in [2.45, 2.75) is 45.0 Å². The molecule has 0 rings (SSSR count). The third-order valence-electron chi connectivity index (χ3n) is 1.87. The van der Waals surface area contributed by atoms with Gasteiger partial charge in [0, 0.05) is 5.25 Å². The molecular weight excluding hydrogens is 174 g/mol. The average Bonchev–Trinajstić information content (AvgIpc) is 1.84. The van der Waals surface area contributed by atoms with Crippen molar-refractivity contribution in [3.05, 3.63) is 0 Å². The van der Waals surface area contributed by atoms with Crippen LogP contribution in [0.4, 0.5) is 0 Å². The van der Waals surface area contributed by atoms with Gasteiger partial charge in [0.2, 0.25) is 0 Å². The van der Waals surface area contributed by atoms with E-state index in [1.807, 2.05) is 13.8 Å². The molecule has 4 heteroatoms. The summed E-state index contributed by atoms with van der Waals surface area (Å²) in [6.07, 6.45) is 1.29. The fraction of sp³-hybridized carbons (Fsp3) is 1.00. The average molecular weight is 193 g/mol. The minimum Gasteiger partial charge on any atom is -0.393 e. The van der Waals surface area contributed by atoms with E-state index in [1.165, 1.54) is 0 Å². The lowest BCUT2D eigenvalue weighted by Gasteiger charge is -2.16. The summed E-state index contributed by atoms with van der Waals surface area (Å²) in [5.41, 5.74) is 0. The minimum atomic E-state index is -1.23. The Kier molecular flexibility index (Phi) is 5.70. The maximum Gasteiger partial charge on any atom is 0.0916 e. The molecule has 0 fully saturated rings. The first-order valence-corrected chi connectivity index (χ1v) is 5.54. The minimum absolute atomic E-state index is 0.0266. The van der Waals surface area contributed by atoms with Gasteiger partial charge in [-0.2, -0.15) is 0 Å². The summed E-state index contributed by atoms with van der Waals surface area (Å²) in [5.74, 6) is 0.382. The van der Waals surface area contributed by atoms with Crippen LogP contribution in [-0.4, -0.2) is 20.7 Å². The Hall–Kier alpha value is 0.0700. The lowest BCUT2D eigenvalue weighted by Crippen LogP contribution is -2.22. The van der Waals surface area contributed by atoms with E-state index in [4.69, 9.17) is 10.2 Å². The highest BCUT2D eigenvalue weighted by molar-refractivity contribution is 7.83. The molecule has 0 heterocycles. The van der Waals surface area contributed by atoms with Gasteiger partial charge in [-0.05, 0) is 32.6 Å². The third-order valence-corrected chi connectivity index (χ3v) is 2.86. The van der Waals surface area contributed by atoms with Gasteiger partial charge in [-0.25, -0.2) is 4.21 Å². The standard InChI is InChI=1S/C8H19NO2S/c1-6(4-7(2)10)5-8(3)12(9)11/h6-8,10H,4-5,9H2,1-3H3. The molecule has 0 aromatic rings. The van der Waals surface area contributed by atoms with Gasteiger partial charge in [-0.1, -0.05) is 6.92 Å². The molecule has 74 valence electrons. The van der Waals surface area contributed by atoms with E-state index in [0.717, 1.165) is 12.8 Å². The zero-order valence-corrected chi connectivity index (χ0v) is 8.80. The van der Waals surface area contributed by atoms with Crippen LogP contribution >= 0.6 is 0 Å². The smallest absolute Gasteiger partial charge is 0.0916 e. The quantitative estimate of drug-likeness (QED) is 0.678. The van der Waals surface area contributed by atoms with E-state index >= 15 is 0 Å². The molecule has 12 heavy (non-hydrogen) atoms. The van der Waals surface area contributed by atoms with Crippen molar-refractivity contribution >= 4 is 11.0 Å². The van der Waals surface area contributed by atoms with E-state index in [2.05, 4.69) is 0 Å². The monoisotopic (exact) mass is 193 g/mol. The van der Waals surface area contributed by atoms with E-state index in [9.17, 15) is 4.21 Å². The van der Waals surface area contributed by atoms with Crippen molar-refractivity contribution in [1.29, 1.82) is 0 Å². The number of aliphatic hydroxyl groups excluding tert-OH is 1. The predicted molar refractivity (Wildman–Crippen MR) is 51.9 cm³/mol. The molecule has 0 bridgehead atoms. The van der Waals surface area contributed by atoms with Crippen LogP contribution in [0, 0.1) is 5.92 Å². The first-order valence-electron chi connectivity index (χ1n) is 4.26. The van der Waals surface area contributed by atoms with Crippen molar-refractivity contribution < 1.29 is 9.32 Å².